The first-order valence-corrected chi connectivity index (χ1v) is 38.2. The summed E-state index contributed by atoms with van der Waals surface area (Å²) in [6.45, 7) is 25.0. The topological polar surface area (TPSA) is 238 Å². The van der Waals surface area contributed by atoms with Crippen LogP contribution in [-0.4, -0.2) is 143 Å². The van der Waals surface area contributed by atoms with Crippen molar-refractivity contribution in [3.05, 3.63) is 106 Å². The van der Waals surface area contributed by atoms with E-state index in [-0.39, 0.29) is 70.9 Å². The first kappa shape index (κ1) is 70.2. The molecule has 7 aliphatic rings. The minimum Gasteiger partial charge on any atom is -0.391 e. The molecule has 22 heteroatoms. The van der Waals surface area contributed by atoms with Crippen molar-refractivity contribution in [2.75, 3.05) is 56.1 Å². The third-order valence-electron chi connectivity index (χ3n) is 22.2. The monoisotopic (exact) mass is 1380 g/mol. The van der Waals surface area contributed by atoms with E-state index >= 15 is 0 Å². The second-order valence-corrected chi connectivity index (χ2v) is 33.7. The van der Waals surface area contributed by atoms with Crippen molar-refractivity contribution in [2.24, 2.45) is 21.7 Å². The summed E-state index contributed by atoms with van der Waals surface area (Å²) >= 11 is 3.17. The van der Waals surface area contributed by atoms with Gasteiger partial charge in [0.2, 0.25) is 17.7 Å². The van der Waals surface area contributed by atoms with Crippen molar-refractivity contribution < 1.29 is 29.0 Å². The quantitative estimate of drug-likeness (QED) is 0.0301. The highest BCUT2D eigenvalue weighted by molar-refractivity contribution is 7.22. The lowest BCUT2D eigenvalue weighted by Gasteiger charge is -2.69. The molecule has 20 nitrogen and oxygen atoms in total. The molecule has 5 aromatic heterocycles. The number of rotatable bonds is 27. The number of fused-ring (bicyclic) bond motifs is 2. The van der Waals surface area contributed by atoms with Crippen molar-refractivity contribution in [1.29, 1.82) is 0 Å². The van der Waals surface area contributed by atoms with Crippen LogP contribution in [0.3, 0.4) is 0 Å². The predicted octanol–water partition coefficient (Wildman–Crippen LogP) is 13.7. The van der Waals surface area contributed by atoms with Gasteiger partial charge in [-0.05, 0) is 175 Å². The number of thiazole rings is 2. The Bertz CT molecular complexity index is 4030. The number of benzene rings is 2. The molecule has 3 aliphatic heterocycles. The number of aliphatic hydroxyl groups is 1. The van der Waals surface area contributed by atoms with E-state index in [0.29, 0.717) is 36.8 Å². The summed E-state index contributed by atoms with van der Waals surface area (Å²) in [6.07, 6.45) is 18.8. The number of unbranched alkanes of at least 4 members (excludes halogenated alkanes) is 6. The van der Waals surface area contributed by atoms with Crippen molar-refractivity contribution in [3.63, 3.8) is 0 Å². The number of aliphatic hydroxyl groups excluding tert-OH is 1. The van der Waals surface area contributed by atoms with Gasteiger partial charge in [0.05, 0.1) is 56.8 Å². The normalized spacial score (nSPS) is 24.1. The van der Waals surface area contributed by atoms with Crippen molar-refractivity contribution in [1.82, 2.24) is 60.7 Å². The number of amides is 4. The van der Waals surface area contributed by atoms with Gasteiger partial charge >= 0.3 is 0 Å². The number of likely N-dealkylation sites (tertiary alicyclic amines) is 2. The highest BCUT2D eigenvalue weighted by Gasteiger charge is 2.66. The smallest absolute Gasteiger partial charge is 0.270 e. The van der Waals surface area contributed by atoms with Gasteiger partial charge in [-0.1, -0.05) is 114 Å². The number of pyridine rings is 1. The first-order chi connectivity index (χ1) is 47.4. The van der Waals surface area contributed by atoms with Gasteiger partial charge in [0.1, 0.15) is 23.6 Å². The summed E-state index contributed by atoms with van der Waals surface area (Å²) in [6, 6.07) is 18.1. The van der Waals surface area contributed by atoms with Crippen LogP contribution in [0.2, 0.25) is 0 Å². The molecule has 14 rings (SSSR count). The molecule has 6 fully saturated rings. The summed E-state index contributed by atoms with van der Waals surface area (Å²) in [7, 11) is 0. The molecule has 528 valence electrons. The van der Waals surface area contributed by atoms with E-state index in [1.165, 1.54) is 37.3 Å². The second-order valence-electron chi connectivity index (χ2n) is 31.8. The number of hydrogen-bond acceptors (Lipinski definition) is 17. The Labute approximate surface area is 591 Å². The molecule has 6 atom stereocenters. The van der Waals surface area contributed by atoms with Gasteiger partial charge in [-0.15, -0.1) is 21.5 Å². The van der Waals surface area contributed by atoms with Gasteiger partial charge in [0.25, 0.3) is 5.91 Å². The SMILES string of the molecule is Cc1ncsc1-c1ccc([C@H](C)NC(=O)[C@@H]2C[C@@H](O)CN2C(=O)[C@@H](NC(=O)CCCCCCCCCNC(=O)c2nc(N3CCCc4c3nnc(Nc3nc5ccccc5s3)c4C)ccc2-c2cnn(CC34CC5(C)CC(C)(C3)CC(OCCN3CCCC3)(C5)C4)c2C)C(C)(C)C)cc1. The summed E-state index contributed by atoms with van der Waals surface area (Å²) < 4.78 is 10.5. The van der Waals surface area contributed by atoms with Gasteiger partial charge in [-0.2, -0.15) is 5.10 Å². The van der Waals surface area contributed by atoms with Crippen LogP contribution in [0.15, 0.2) is 72.4 Å². The fraction of sp³-hybridized carbons (Fsp3) is 0.584. The maximum Gasteiger partial charge on any atom is 0.270 e. The highest BCUT2D eigenvalue weighted by atomic mass is 32.1. The lowest BCUT2D eigenvalue weighted by Crippen LogP contribution is -2.64. The number of hydrogen-bond donors (Lipinski definition) is 5. The largest absolute Gasteiger partial charge is 0.391 e. The third-order valence-corrected chi connectivity index (χ3v) is 24.2. The number of aromatic nitrogens is 7. The van der Waals surface area contributed by atoms with E-state index in [9.17, 15) is 24.3 Å². The Balaban J connectivity index is 0.625. The van der Waals surface area contributed by atoms with Crippen LogP contribution in [0.5, 0.6) is 0 Å². The molecule has 7 aromatic rings. The molecule has 2 saturated heterocycles. The average molecular weight is 1380 g/mol. The number of carbonyl (C=O) groups is 4. The average Bonchev–Trinajstić information content (AvgIpc) is 0.931. The summed E-state index contributed by atoms with van der Waals surface area (Å²) in [4.78, 5) is 78.3. The third kappa shape index (κ3) is 15.5. The molecule has 4 bridgehead atoms. The van der Waals surface area contributed by atoms with E-state index in [1.807, 2.05) is 94.9 Å². The van der Waals surface area contributed by atoms with Crippen LogP contribution in [-0.2, 0) is 32.1 Å². The number of β-amino-alcohol motifs (C(OH)–C–C–N with tert-alkyl or cyclic N) is 1. The van der Waals surface area contributed by atoms with E-state index in [0.717, 1.165) is 174 Å². The molecule has 0 spiro atoms. The Morgan fingerprint density at radius 3 is 2.27 bits per heavy atom. The maximum atomic E-state index is 14.9. The van der Waals surface area contributed by atoms with Crippen LogP contribution < -0.4 is 26.2 Å². The van der Waals surface area contributed by atoms with Gasteiger partial charge < -0.3 is 45.8 Å². The molecule has 8 heterocycles. The molecular weight excluding hydrogens is 1280 g/mol. The zero-order chi connectivity index (χ0) is 69.4. The molecule has 99 heavy (non-hydrogen) atoms. The number of ether oxygens (including phenoxy) is 1. The van der Waals surface area contributed by atoms with Crippen LogP contribution in [0, 0.1) is 42.4 Å². The molecule has 5 N–H and O–H groups in total. The fourth-order valence-corrected chi connectivity index (χ4v) is 20.2. The minimum absolute atomic E-state index is 0.0113. The van der Waals surface area contributed by atoms with Crippen molar-refractivity contribution in [3.8, 4) is 21.6 Å². The number of para-hydroxylation sites is 1. The van der Waals surface area contributed by atoms with Crippen LogP contribution >= 0.6 is 22.7 Å². The molecule has 4 aliphatic carbocycles. The molecule has 2 aromatic carbocycles. The molecule has 4 saturated carbocycles. The number of anilines is 4. The van der Waals surface area contributed by atoms with Gasteiger partial charge in [-0.3, -0.25) is 23.9 Å². The number of aryl methyl sites for hydroxylation is 1. The van der Waals surface area contributed by atoms with Crippen molar-refractivity contribution in [2.45, 2.75) is 221 Å². The van der Waals surface area contributed by atoms with Crippen LogP contribution in [0.1, 0.15) is 202 Å². The summed E-state index contributed by atoms with van der Waals surface area (Å²) in [5, 5.41) is 39.2. The van der Waals surface area contributed by atoms with Gasteiger partial charge in [0, 0.05) is 73.5 Å². The Morgan fingerprint density at radius 2 is 1.55 bits per heavy atom. The van der Waals surface area contributed by atoms with Gasteiger partial charge in [-0.25, -0.2) is 15.0 Å². The minimum atomic E-state index is -0.890. The summed E-state index contributed by atoms with van der Waals surface area (Å²) in [5.74, 6) is 0.907. The number of carbonyl (C=O) groups excluding carboxylic acids is 4. The lowest BCUT2D eigenvalue weighted by atomic mass is 9.39. The zero-order valence-electron chi connectivity index (χ0n) is 59.6. The van der Waals surface area contributed by atoms with E-state index < -0.39 is 23.6 Å². The lowest BCUT2D eigenvalue weighted by molar-refractivity contribution is -0.248. The molecule has 0 radical (unpaired) electrons. The molecule has 2 unspecified atom stereocenters. The first-order valence-electron chi connectivity index (χ1n) is 36.5. The van der Waals surface area contributed by atoms with E-state index in [4.69, 9.17) is 30.0 Å². The maximum absolute atomic E-state index is 14.9. The van der Waals surface area contributed by atoms with E-state index in [1.54, 1.807) is 22.7 Å². The molecule has 4 amide bonds. The number of nitrogens with zero attached hydrogens (tertiary/aromatic N) is 10. The van der Waals surface area contributed by atoms with Gasteiger partial charge in [0.15, 0.2) is 16.8 Å². The Morgan fingerprint density at radius 1 is 0.808 bits per heavy atom. The molecular formula is C77H102N14O6S2. The standard InChI is InChI=1S/C77H102N14O6S2/c1-49-56-22-21-35-89(68(56)87-86-67(49)85-72-82-59-23-16-17-24-61(59)99-72)62-31-30-57(58-39-80-91(52(58)4)47-76-42-74(8)41-75(9,43-76)45-77(44-74,46-76)97-37-36-88-33-19-20-34-88)64(83-62)70(95)78-32-18-14-12-10-11-13-15-25-63(93)84-66(73(5,6)7)71(96)90-40-55(92)38-60(90)69(94)81-50(2)53-26-28-54(29-27-53)65-51(3)79-48-98-65/h16-17,23-24,26-31,39,48,50,55,60,66,92H,10-15,18-22,25,32-38,40-47H2,1-9H3,(H,78,95)(H,81,94)(H,84,93)(H,82,85,86)/t50-,55+,60-,66+,74?,75?,76?,77?/m0/s1. The number of nitrogens with one attached hydrogen (secondary N) is 4. The predicted molar refractivity (Wildman–Crippen MR) is 392 cm³/mol. The van der Waals surface area contributed by atoms with Crippen molar-refractivity contribution >= 4 is 79.1 Å². The van der Waals surface area contributed by atoms with Crippen LogP contribution in [0.25, 0.3) is 31.8 Å². The van der Waals surface area contributed by atoms with Crippen LogP contribution in [0.4, 0.5) is 22.6 Å². The Hall–Kier alpha value is -7.24. The Kier molecular flexibility index (Phi) is 20.6. The summed E-state index contributed by atoms with van der Waals surface area (Å²) in [5.41, 5.74) is 10.6. The van der Waals surface area contributed by atoms with E-state index in [2.05, 4.69) is 80.6 Å². The highest BCUT2D eigenvalue weighted by Crippen LogP contribution is 2.72. The second kappa shape index (κ2) is 29.0. The fourth-order valence-electron chi connectivity index (χ4n) is 18.5. The zero-order valence-corrected chi connectivity index (χ0v) is 61.2.